The molecule has 2 heteroatoms. The van der Waals surface area contributed by atoms with E-state index >= 15 is 0 Å². The topological polar surface area (TPSA) is 21.3 Å². The molecule has 0 aliphatic carbocycles. The van der Waals surface area contributed by atoms with Crippen LogP contribution in [0.4, 0.5) is 0 Å². The largest absolute Gasteiger partial charge is 0.499 e. The third-order valence-corrected chi connectivity index (χ3v) is 3.12. The SMILES string of the molecule is C=C[C@@H]1N[C@H](Cc2ccccc2)CC=C1OC. The minimum Gasteiger partial charge on any atom is -0.499 e. The lowest BCUT2D eigenvalue weighted by Gasteiger charge is -2.29. The van der Waals surface area contributed by atoms with Crippen molar-refractivity contribution in [2.75, 3.05) is 7.11 Å². The molecule has 0 unspecified atom stereocenters. The standard InChI is InChI=1S/C15H19NO/c1-3-14-15(17-2)10-9-13(16-14)11-12-7-5-4-6-8-12/h3-8,10,13-14,16H,1,9,11H2,2H3/t13-,14-/m0/s1. The third-order valence-electron chi connectivity index (χ3n) is 3.12. The average molecular weight is 229 g/mol. The van der Waals surface area contributed by atoms with Crippen LogP contribution in [-0.2, 0) is 11.2 Å². The van der Waals surface area contributed by atoms with E-state index in [1.807, 2.05) is 12.1 Å². The highest BCUT2D eigenvalue weighted by atomic mass is 16.5. The lowest BCUT2D eigenvalue weighted by molar-refractivity contribution is 0.243. The summed E-state index contributed by atoms with van der Waals surface area (Å²) in [4.78, 5) is 0. The summed E-state index contributed by atoms with van der Waals surface area (Å²) in [6.45, 7) is 3.84. The summed E-state index contributed by atoms with van der Waals surface area (Å²) in [6.07, 6.45) is 6.10. The van der Waals surface area contributed by atoms with Gasteiger partial charge in [-0.15, -0.1) is 6.58 Å². The molecule has 17 heavy (non-hydrogen) atoms. The summed E-state index contributed by atoms with van der Waals surface area (Å²) >= 11 is 0. The molecule has 1 heterocycles. The predicted octanol–water partition coefficient (Wildman–Crippen LogP) is 2.68. The number of ether oxygens (including phenoxy) is 1. The van der Waals surface area contributed by atoms with Crippen molar-refractivity contribution < 1.29 is 4.74 Å². The van der Waals surface area contributed by atoms with Crippen LogP contribution < -0.4 is 5.32 Å². The van der Waals surface area contributed by atoms with Crippen LogP contribution in [0.2, 0.25) is 0 Å². The van der Waals surface area contributed by atoms with Gasteiger partial charge in [-0.1, -0.05) is 36.4 Å². The lowest BCUT2D eigenvalue weighted by Crippen LogP contribution is -2.42. The van der Waals surface area contributed by atoms with Gasteiger partial charge in [-0.25, -0.2) is 0 Å². The van der Waals surface area contributed by atoms with E-state index < -0.39 is 0 Å². The van der Waals surface area contributed by atoms with Gasteiger partial charge in [-0.05, 0) is 24.5 Å². The van der Waals surface area contributed by atoms with Gasteiger partial charge in [0.2, 0.25) is 0 Å². The van der Waals surface area contributed by atoms with E-state index in [1.165, 1.54) is 5.56 Å². The maximum atomic E-state index is 5.32. The van der Waals surface area contributed by atoms with Crippen LogP contribution in [0.25, 0.3) is 0 Å². The van der Waals surface area contributed by atoms with Gasteiger partial charge in [0.05, 0.1) is 13.2 Å². The minimum atomic E-state index is 0.141. The monoisotopic (exact) mass is 229 g/mol. The molecule has 0 aromatic heterocycles. The van der Waals surface area contributed by atoms with Crippen molar-refractivity contribution in [2.24, 2.45) is 0 Å². The molecule has 0 bridgehead atoms. The van der Waals surface area contributed by atoms with Crippen LogP contribution in [-0.4, -0.2) is 19.2 Å². The first-order chi connectivity index (χ1) is 8.33. The predicted molar refractivity (Wildman–Crippen MR) is 70.8 cm³/mol. The number of rotatable bonds is 4. The van der Waals surface area contributed by atoms with Gasteiger partial charge in [0.15, 0.2) is 0 Å². The number of methoxy groups -OCH3 is 1. The molecule has 0 amide bonds. The van der Waals surface area contributed by atoms with E-state index in [-0.39, 0.29) is 6.04 Å². The zero-order valence-corrected chi connectivity index (χ0v) is 10.2. The Hall–Kier alpha value is -1.54. The van der Waals surface area contributed by atoms with Crippen molar-refractivity contribution >= 4 is 0 Å². The molecule has 0 saturated heterocycles. The smallest absolute Gasteiger partial charge is 0.112 e. The second-order valence-corrected chi connectivity index (χ2v) is 4.31. The third kappa shape index (κ3) is 2.98. The molecule has 1 N–H and O–H groups in total. The second kappa shape index (κ2) is 5.69. The molecule has 0 spiro atoms. The average Bonchev–Trinajstić information content (AvgIpc) is 2.40. The normalized spacial score (nSPS) is 23.9. The first-order valence-electron chi connectivity index (χ1n) is 6.00. The summed E-state index contributed by atoms with van der Waals surface area (Å²) in [5.74, 6) is 0.976. The fraction of sp³-hybridized carbons (Fsp3) is 0.333. The zero-order chi connectivity index (χ0) is 12.1. The van der Waals surface area contributed by atoms with E-state index in [2.05, 4.69) is 42.2 Å². The van der Waals surface area contributed by atoms with Gasteiger partial charge in [-0.2, -0.15) is 0 Å². The number of hydrogen-bond acceptors (Lipinski definition) is 2. The molecule has 0 fully saturated rings. The van der Waals surface area contributed by atoms with Crippen LogP contribution in [0.1, 0.15) is 12.0 Å². The number of benzene rings is 1. The molecule has 0 saturated carbocycles. The van der Waals surface area contributed by atoms with Gasteiger partial charge >= 0.3 is 0 Å². The van der Waals surface area contributed by atoms with Crippen molar-refractivity contribution in [3.8, 4) is 0 Å². The summed E-state index contributed by atoms with van der Waals surface area (Å²) in [6, 6.07) is 11.1. The first kappa shape index (κ1) is 11.9. The van der Waals surface area contributed by atoms with Gasteiger partial charge in [-0.3, -0.25) is 0 Å². The molecular weight excluding hydrogens is 210 g/mol. The Labute approximate surface area is 103 Å². The van der Waals surface area contributed by atoms with Crippen molar-refractivity contribution in [3.05, 3.63) is 60.4 Å². The molecule has 1 aliphatic rings. The lowest BCUT2D eigenvalue weighted by atomic mass is 9.98. The van der Waals surface area contributed by atoms with Crippen molar-refractivity contribution in [1.29, 1.82) is 0 Å². The maximum Gasteiger partial charge on any atom is 0.112 e. The second-order valence-electron chi connectivity index (χ2n) is 4.31. The number of hydrogen-bond donors (Lipinski definition) is 1. The molecule has 2 rings (SSSR count). The fourth-order valence-electron chi connectivity index (χ4n) is 2.22. The first-order valence-corrected chi connectivity index (χ1v) is 6.00. The molecule has 1 aromatic rings. The summed E-state index contributed by atoms with van der Waals surface area (Å²) < 4.78 is 5.32. The highest BCUT2D eigenvalue weighted by molar-refractivity contribution is 5.20. The number of nitrogens with one attached hydrogen (secondary N) is 1. The molecule has 2 nitrogen and oxygen atoms in total. The Morgan fingerprint density at radius 2 is 2.18 bits per heavy atom. The van der Waals surface area contributed by atoms with Crippen LogP contribution in [0.3, 0.4) is 0 Å². The van der Waals surface area contributed by atoms with Crippen LogP contribution in [0.5, 0.6) is 0 Å². The molecule has 1 aliphatic heterocycles. The molecule has 2 atom stereocenters. The van der Waals surface area contributed by atoms with Gasteiger partial charge < -0.3 is 10.1 Å². The highest BCUT2D eigenvalue weighted by Gasteiger charge is 2.21. The minimum absolute atomic E-state index is 0.141. The molecule has 90 valence electrons. The fourth-order valence-corrected chi connectivity index (χ4v) is 2.22. The Morgan fingerprint density at radius 3 is 2.82 bits per heavy atom. The quantitative estimate of drug-likeness (QED) is 0.801. The Kier molecular flexibility index (Phi) is 3.99. The summed E-state index contributed by atoms with van der Waals surface area (Å²) in [5, 5.41) is 3.54. The highest BCUT2D eigenvalue weighted by Crippen LogP contribution is 2.17. The molecular formula is C15H19NO. The van der Waals surface area contributed by atoms with Crippen LogP contribution in [0, 0.1) is 0 Å². The van der Waals surface area contributed by atoms with Gasteiger partial charge in [0, 0.05) is 6.04 Å². The van der Waals surface area contributed by atoms with Crippen LogP contribution >= 0.6 is 0 Å². The summed E-state index contributed by atoms with van der Waals surface area (Å²) in [7, 11) is 1.71. The maximum absolute atomic E-state index is 5.32. The Balaban J connectivity index is 2.01. The van der Waals surface area contributed by atoms with Gasteiger partial charge in [0.1, 0.15) is 5.76 Å². The zero-order valence-electron chi connectivity index (χ0n) is 10.2. The van der Waals surface area contributed by atoms with Crippen molar-refractivity contribution in [1.82, 2.24) is 5.32 Å². The Bertz CT molecular complexity index is 397. The van der Waals surface area contributed by atoms with E-state index in [9.17, 15) is 0 Å². The Morgan fingerprint density at radius 1 is 1.41 bits per heavy atom. The van der Waals surface area contributed by atoms with E-state index in [4.69, 9.17) is 4.74 Å². The van der Waals surface area contributed by atoms with Crippen molar-refractivity contribution in [2.45, 2.75) is 24.9 Å². The summed E-state index contributed by atoms with van der Waals surface area (Å²) in [5.41, 5.74) is 1.36. The van der Waals surface area contributed by atoms with Crippen molar-refractivity contribution in [3.63, 3.8) is 0 Å². The van der Waals surface area contributed by atoms with E-state index in [0.29, 0.717) is 6.04 Å². The molecule has 0 radical (unpaired) electrons. The van der Waals surface area contributed by atoms with Crippen LogP contribution in [0.15, 0.2) is 54.8 Å². The van der Waals surface area contributed by atoms with E-state index in [1.54, 1.807) is 7.11 Å². The van der Waals surface area contributed by atoms with Gasteiger partial charge in [0.25, 0.3) is 0 Å². The molecule has 1 aromatic carbocycles. The van der Waals surface area contributed by atoms with E-state index in [0.717, 1.165) is 18.6 Å².